The molecule has 0 bridgehead atoms. The predicted octanol–water partition coefficient (Wildman–Crippen LogP) is 2.94. The van der Waals surface area contributed by atoms with Crippen LogP contribution < -0.4 is 11.1 Å². The molecule has 158 valence electrons. The number of hydrogen-bond acceptors (Lipinski definition) is 8. The second-order valence-corrected chi connectivity index (χ2v) is 6.60. The number of carbonyl (C=O) groups excluding carboxylic acids is 4. The maximum Gasteiger partial charge on any atom is 0.340 e. The van der Waals surface area contributed by atoms with E-state index in [1.807, 2.05) is 0 Å². The number of rotatable bonds is 6. The maximum absolute atomic E-state index is 12.2. The van der Waals surface area contributed by atoms with Gasteiger partial charge in [0.15, 0.2) is 6.61 Å². The van der Waals surface area contributed by atoms with Crippen molar-refractivity contribution in [2.75, 3.05) is 31.9 Å². The average Bonchev–Trinajstić information content (AvgIpc) is 2.72. The highest BCUT2D eigenvalue weighted by Crippen LogP contribution is 2.28. The van der Waals surface area contributed by atoms with Crippen molar-refractivity contribution >= 4 is 58.4 Å². The number of halogens is 2. The first-order valence-corrected chi connectivity index (χ1v) is 8.95. The highest BCUT2D eigenvalue weighted by molar-refractivity contribution is 6.37. The van der Waals surface area contributed by atoms with Crippen LogP contribution in [-0.2, 0) is 19.0 Å². The third-order valence-electron chi connectivity index (χ3n) is 3.71. The molecule has 0 aliphatic heterocycles. The van der Waals surface area contributed by atoms with Crippen molar-refractivity contribution < 1.29 is 33.4 Å². The Labute approximate surface area is 181 Å². The smallest absolute Gasteiger partial charge is 0.340 e. The Morgan fingerprint density at radius 3 is 2.00 bits per heavy atom. The second-order valence-electron chi connectivity index (χ2n) is 5.76. The zero-order chi connectivity index (χ0) is 22.4. The van der Waals surface area contributed by atoms with Crippen molar-refractivity contribution in [3.63, 3.8) is 0 Å². The summed E-state index contributed by atoms with van der Waals surface area (Å²) in [5.41, 5.74) is 5.69. The zero-order valence-electron chi connectivity index (χ0n) is 15.8. The van der Waals surface area contributed by atoms with E-state index in [1.165, 1.54) is 44.6 Å². The van der Waals surface area contributed by atoms with Crippen LogP contribution in [0.3, 0.4) is 0 Å². The molecule has 0 saturated carbocycles. The number of nitrogens with one attached hydrogen (secondary N) is 1. The Kier molecular flexibility index (Phi) is 7.62. The summed E-state index contributed by atoms with van der Waals surface area (Å²) in [7, 11) is 2.33. The normalized spacial score (nSPS) is 10.1. The Bertz CT molecular complexity index is 990. The molecule has 1 amide bonds. The minimum atomic E-state index is -0.911. The maximum atomic E-state index is 12.2. The van der Waals surface area contributed by atoms with Crippen LogP contribution >= 0.6 is 23.2 Å². The molecule has 0 heterocycles. The van der Waals surface area contributed by atoms with Crippen molar-refractivity contribution in [3.05, 3.63) is 57.1 Å². The van der Waals surface area contributed by atoms with E-state index in [2.05, 4.69) is 14.8 Å². The molecule has 0 aliphatic carbocycles. The second kappa shape index (κ2) is 9.95. The molecule has 0 aromatic heterocycles. The first kappa shape index (κ1) is 23.0. The number of esters is 3. The quantitative estimate of drug-likeness (QED) is 0.386. The van der Waals surface area contributed by atoms with Gasteiger partial charge in [-0.2, -0.15) is 0 Å². The number of nitrogens with two attached hydrogens (primary N) is 1. The molecule has 9 nitrogen and oxygen atoms in total. The first-order chi connectivity index (χ1) is 14.2. The summed E-state index contributed by atoms with van der Waals surface area (Å²) >= 11 is 11.7. The Hall–Kier alpha value is -3.30. The molecule has 0 spiro atoms. The van der Waals surface area contributed by atoms with Crippen LogP contribution in [0.15, 0.2) is 30.3 Å². The molecule has 0 atom stereocenters. The molecule has 2 aromatic carbocycles. The summed E-state index contributed by atoms with van der Waals surface area (Å²) in [5, 5.41) is 2.64. The van der Waals surface area contributed by atoms with Crippen molar-refractivity contribution in [3.8, 4) is 0 Å². The monoisotopic (exact) mass is 454 g/mol. The van der Waals surface area contributed by atoms with Gasteiger partial charge in [-0.05, 0) is 30.3 Å². The number of amides is 1. The zero-order valence-corrected chi connectivity index (χ0v) is 17.3. The van der Waals surface area contributed by atoms with Gasteiger partial charge < -0.3 is 25.3 Å². The van der Waals surface area contributed by atoms with Crippen molar-refractivity contribution in [1.29, 1.82) is 0 Å². The average molecular weight is 455 g/mol. The fourth-order valence-electron chi connectivity index (χ4n) is 2.33. The Morgan fingerprint density at radius 2 is 1.47 bits per heavy atom. The van der Waals surface area contributed by atoms with Gasteiger partial charge in [0.25, 0.3) is 5.91 Å². The molecule has 0 saturated heterocycles. The number of nitrogen functional groups attached to an aromatic ring is 1. The highest BCUT2D eigenvalue weighted by atomic mass is 35.5. The van der Waals surface area contributed by atoms with Gasteiger partial charge in [-0.15, -0.1) is 0 Å². The lowest BCUT2D eigenvalue weighted by Crippen LogP contribution is -2.22. The van der Waals surface area contributed by atoms with Crippen LogP contribution in [0.4, 0.5) is 11.4 Å². The van der Waals surface area contributed by atoms with Crippen LogP contribution in [0, 0.1) is 0 Å². The van der Waals surface area contributed by atoms with Crippen molar-refractivity contribution in [2.45, 2.75) is 0 Å². The highest BCUT2D eigenvalue weighted by Gasteiger charge is 2.18. The lowest BCUT2D eigenvalue weighted by molar-refractivity contribution is -0.119. The number of methoxy groups -OCH3 is 2. The van der Waals surface area contributed by atoms with Gasteiger partial charge >= 0.3 is 17.9 Å². The summed E-state index contributed by atoms with van der Waals surface area (Å²) in [6, 6.07) is 6.43. The summed E-state index contributed by atoms with van der Waals surface area (Å²) in [5.74, 6) is -3.11. The van der Waals surface area contributed by atoms with E-state index in [0.29, 0.717) is 0 Å². The van der Waals surface area contributed by atoms with E-state index in [-0.39, 0.29) is 38.1 Å². The SMILES string of the molecule is COC(=O)c1cc(NC(=O)COC(=O)c2cc(Cl)cc(Cl)c2N)cc(C(=O)OC)c1. The lowest BCUT2D eigenvalue weighted by atomic mass is 10.1. The van der Waals surface area contributed by atoms with Crippen LogP contribution in [0.25, 0.3) is 0 Å². The molecule has 30 heavy (non-hydrogen) atoms. The fourth-order valence-corrected chi connectivity index (χ4v) is 2.82. The largest absolute Gasteiger partial charge is 0.465 e. The van der Waals surface area contributed by atoms with Crippen LogP contribution in [0.2, 0.25) is 10.0 Å². The minimum Gasteiger partial charge on any atom is -0.465 e. The van der Waals surface area contributed by atoms with Crippen molar-refractivity contribution in [2.24, 2.45) is 0 Å². The van der Waals surface area contributed by atoms with E-state index in [9.17, 15) is 19.2 Å². The molecular formula is C19H16Cl2N2O7. The molecule has 0 fully saturated rings. The summed E-state index contributed by atoms with van der Waals surface area (Å²) in [6.45, 7) is -0.682. The molecule has 0 unspecified atom stereocenters. The minimum absolute atomic E-state index is 0.00837. The number of hydrogen-bond donors (Lipinski definition) is 2. The predicted molar refractivity (Wildman–Crippen MR) is 109 cm³/mol. The number of anilines is 2. The van der Waals surface area contributed by atoms with Gasteiger partial charge in [0.1, 0.15) is 0 Å². The number of ether oxygens (including phenoxy) is 3. The molecule has 2 rings (SSSR count). The molecule has 11 heteroatoms. The number of benzene rings is 2. The van der Waals surface area contributed by atoms with Crippen LogP contribution in [-0.4, -0.2) is 44.6 Å². The Balaban J connectivity index is 2.13. The van der Waals surface area contributed by atoms with Gasteiger partial charge in [-0.3, -0.25) is 4.79 Å². The third-order valence-corrected chi connectivity index (χ3v) is 4.24. The van der Waals surface area contributed by atoms with Gasteiger partial charge in [-0.1, -0.05) is 23.2 Å². The Morgan fingerprint density at radius 1 is 0.900 bits per heavy atom. The van der Waals surface area contributed by atoms with Gasteiger partial charge in [0.05, 0.1) is 41.6 Å². The van der Waals surface area contributed by atoms with Gasteiger partial charge in [0.2, 0.25) is 0 Å². The van der Waals surface area contributed by atoms with Gasteiger partial charge in [-0.25, -0.2) is 14.4 Å². The first-order valence-electron chi connectivity index (χ1n) is 8.19. The van der Waals surface area contributed by atoms with Crippen LogP contribution in [0.1, 0.15) is 31.1 Å². The molecule has 0 aliphatic rings. The summed E-state index contributed by atoms with van der Waals surface area (Å²) < 4.78 is 14.2. The fraction of sp³-hybridized carbons (Fsp3) is 0.158. The summed E-state index contributed by atoms with van der Waals surface area (Å²) in [6.07, 6.45) is 0. The molecule has 3 N–H and O–H groups in total. The van der Waals surface area contributed by atoms with Crippen LogP contribution in [0.5, 0.6) is 0 Å². The van der Waals surface area contributed by atoms with Gasteiger partial charge in [0, 0.05) is 10.7 Å². The third kappa shape index (κ3) is 5.62. The number of carbonyl (C=O) groups is 4. The standard InChI is InChI=1S/C19H16Cl2N2O7/c1-28-17(25)9-3-10(18(26)29-2)5-12(4-9)23-15(24)8-30-19(27)13-6-11(20)7-14(21)16(13)22/h3-7H,8,22H2,1-2H3,(H,23,24). The topological polar surface area (TPSA) is 134 Å². The van der Waals surface area contributed by atoms with E-state index < -0.39 is 30.4 Å². The van der Waals surface area contributed by atoms with E-state index in [0.717, 1.165) is 0 Å². The van der Waals surface area contributed by atoms with Crippen molar-refractivity contribution in [1.82, 2.24) is 0 Å². The molecule has 2 aromatic rings. The lowest BCUT2D eigenvalue weighted by Gasteiger charge is -2.11. The van der Waals surface area contributed by atoms with E-state index in [1.54, 1.807) is 0 Å². The van der Waals surface area contributed by atoms with E-state index >= 15 is 0 Å². The van der Waals surface area contributed by atoms with E-state index in [4.69, 9.17) is 33.7 Å². The molecular weight excluding hydrogens is 439 g/mol. The summed E-state index contributed by atoms with van der Waals surface area (Å²) in [4.78, 5) is 47.9. The molecule has 0 radical (unpaired) electrons.